The van der Waals surface area contributed by atoms with Gasteiger partial charge in [0.2, 0.25) is 29.7 Å². The molecule has 33 nitrogen and oxygen atoms in total. The molecule has 0 radical (unpaired) electrons. The van der Waals surface area contributed by atoms with Crippen molar-refractivity contribution >= 4 is 77.3 Å². The predicted molar refractivity (Wildman–Crippen MR) is 371 cm³/mol. The second kappa shape index (κ2) is 35.1. The van der Waals surface area contributed by atoms with E-state index in [1.165, 1.54) is 114 Å². The quantitative estimate of drug-likeness (QED) is 0.0102. The lowest BCUT2D eigenvalue weighted by atomic mass is 9.44. The standard InChI is InChI=1S/C72H96N10O23/c1-36(2)53(81-62(92)46(32-51(87)88)79-61(91)45(24-16-17-29-73)78-60(90)44(74)23-18-30-77-67(75)76)63(93)80-47(31-40-25-27-43(85)28-26-40)65(95)103-56(54(82-68(97)99-9)41-19-12-10-13-20-41)66(96)102-48-34-72(98)59(104-64(94)42-21-14-11-15-22-42)57-70(8,49(86)33-50-71(57,35-100-50)105-39(5)84)58(89)55(101-38(4)83)52(37(48)3)69(72,6)7/h10-15,19-22,25-28,36,44-50,53-57,59,85-86,98H,16-18,23-24,29-35,73-74H2,1-9H3,(H,78,90)(H,79,91)(H,80,93)(H,81,92)(H,82,97)(H,87,88)(H4,75,76,77)/t44?,45?,46?,47?,48?,49-,50+,53?,54?,55+,56?,57?,59?,70+,71+,72+/m0/s1. The Bertz CT molecular complexity index is 3760. The number of guanidine groups is 1. The summed E-state index contributed by atoms with van der Waals surface area (Å²) in [6.07, 6.45) is -14.1. The van der Waals surface area contributed by atoms with Crippen molar-refractivity contribution < 1.29 is 111 Å². The van der Waals surface area contributed by atoms with Crippen LogP contribution in [0.3, 0.4) is 0 Å². The molecule has 1 aliphatic heterocycles. The number of esters is 5. The topological polar surface area (TPSA) is 527 Å². The number of hydrogen-bond donors (Lipinski definition) is 13. The Hall–Kier alpha value is -10.1. The van der Waals surface area contributed by atoms with Crippen LogP contribution in [0.2, 0.25) is 0 Å². The highest BCUT2D eigenvalue weighted by molar-refractivity contribution is 5.98. The van der Waals surface area contributed by atoms with E-state index in [1.807, 2.05) is 0 Å². The van der Waals surface area contributed by atoms with E-state index >= 15 is 14.4 Å². The van der Waals surface area contributed by atoms with Crippen molar-refractivity contribution in [2.75, 3.05) is 26.8 Å². The molecule has 7 rings (SSSR count). The normalized spacial score (nSPS) is 24.8. The van der Waals surface area contributed by atoms with Gasteiger partial charge in [0, 0.05) is 45.1 Å². The fourth-order valence-corrected chi connectivity index (χ4v) is 14.3. The number of benzene rings is 3. The van der Waals surface area contributed by atoms with Crippen LogP contribution in [-0.4, -0.2) is 203 Å². The number of nitrogens with zero attached hydrogens (tertiary/aromatic N) is 1. The Morgan fingerprint density at radius 2 is 1.36 bits per heavy atom. The number of aliphatic hydroxyl groups excluding tert-OH is 1. The van der Waals surface area contributed by atoms with Crippen molar-refractivity contribution in [3.63, 3.8) is 0 Å². The zero-order valence-electron chi connectivity index (χ0n) is 60.0. The number of carbonyl (C=O) groups is 12. The number of amides is 5. The zero-order chi connectivity index (χ0) is 77.6. The number of aliphatic carboxylic acids is 1. The number of alkyl carbamates (subject to hydrolysis) is 1. The van der Waals surface area contributed by atoms with E-state index in [2.05, 4.69) is 31.6 Å². The second-order valence-corrected chi connectivity index (χ2v) is 27.8. The van der Waals surface area contributed by atoms with Crippen LogP contribution in [0.1, 0.15) is 134 Å². The van der Waals surface area contributed by atoms with Gasteiger partial charge in [0.25, 0.3) is 0 Å². The second-order valence-electron chi connectivity index (χ2n) is 27.8. The summed E-state index contributed by atoms with van der Waals surface area (Å²) in [5.41, 5.74) is 13.9. The largest absolute Gasteiger partial charge is 0.508 e. The number of carboxylic acids is 1. The molecule has 1 saturated heterocycles. The lowest BCUT2D eigenvalue weighted by Crippen LogP contribution is -2.82. The summed E-state index contributed by atoms with van der Waals surface area (Å²) in [7, 11) is 0.995. The molecule has 16 atom stereocenters. The smallest absolute Gasteiger partial charge is 0.407 e. The van der Waals surface area contributed by atoms with Crippen LogP contribution in [0.5, 0.6) is 5.75 Å². The lowest BCUT2D eigenvalue weighted by molar-refractivity contribution is -0.346. The minimum absolute atomic E-state index is 0.0332. The number of carbonyl (C=O) groups excluding carboxylic acids is 11. The van der Waals surface area contributed by atoms with Gasteiger partial charge in [0.1, 0.15) is 59.9 Å². The van der Waals surface area contributed by atoms with E-state index in [1.54, 1.807) is 12.1 Å². The first kappa shape index (κ1) is 82.2. The Labute approximate surface area is 605 Å². The molecule has 0 spiro atoms. The van der Waals surface area contributed by atoms with Crippen LogP contribution in [0.15, 0.2) is 101 Å². The third-order valence-corrected chi connectivity index (χ3v) is 20.0. The summed E-state index contributed by atoms with van der Waals surface area (Å²) in [4.78, 5) is 176. The average molecular weight is 1470 g/mol. The van der Waals surface area contributed by atoms with Crippen LogP contribution >= 0.6 is 0 Å². The molecule has 10 unspecified atom stereocenters. The molecule has 1 heterocycles. The van der Waals surface area contributed by atoms with Crippen molar-refractivity contribution in [1.29, 1.82) is 0 Å². The number of nitrogens with two attached hydrogens (primary N) is 4. The molecular formula is C72H96N10O23. The maximum atomic E-state index is 16.0. The van der Waals surface area contributed by atoms with Crippen LogP contribution in [0.25, 0.3) is 0 Å². The summed E-state index contributed by atoms with van der Waals surface area (Å²) in [5.74, 6) is -15.7. The molecule has 33 heteroatoms. The van der Waals surface area contributed by atoms with Gasteiger partial charge in [-0.2, -0.15) is 0 Å². The Kier molecular flexibility index (Phi) is 27.5. The fourth-order valence-electron chi connectivity index (χ4n) is 14.3. The van der Waals surface area contributed by atoms with Crippen LogP contribution in [-0.2, 0) is 87.5 Å². The summed E-state index contributed by atoms with van der Waals surface area (Å²) < 4.78 is 42.3. The Morgan fingerprint density at radius 1 is 0.743 bits per heavy atom. The van der Waals surface area contributed by atoms with E-state index in [0.29, 0.717) is 6.42 Å². The van der Waals surface area contributed by atoms with Crippen molar-refractivity contribution in [1.82, 2.24) is 26.6 Å². The molecule has 2 saturated carbocycles. The minimum Gasteiger partial charge on any atom is -0.508 e. The van der Waals surface area contributed by atoms with Gasteiger partial charge < -0.3 is 103 Å². The molecule has 0 aromatic heterocycles. The molecule has 4 aliphatic rings. The number of ether oxygens (including phenoxy) is 7. The van der Waals surface area contributed by atoms with Crippen molar-refractivity contribution in [3.05, 3.63) is 113 Å². The van der Waals surface area contributed by atoms with E-state index in [9.17, 15) is 63.6 Å². The number of aliphatic imine (C=N–C) groups is 1. The number of ketones is 1. The molecule has 572 valence electrons. The van der Waals surface area contributed by atoms with Crippen molar-refractivity contribution in [2.24, 2.45) is 50.6 Å². The number of carboxylic acid groups (broad SMARTS) is 1. The van der Waals surface area contributed by atoms with Gasteiger partial charge in [-0.15, -0.1) is 0 Å². The molecule has 3 fully saturated rings. The zero-order valence-corrected chi connectivity index (χ0v) is 60.0. The van der Waals surface area contributed by atoms with Crippen LogP contribution in [0, 0.1) is 22.7 Å². The number of Topliss-reactive ketones (excluding diaryl/α,β-unsaturated/α-hetero) is 1. The predicted octanol–water partition coefficient (Wildman–Crippen LogP) is 0.741. The number of aliphatic hydroxyl groups is 2. The molecule has 3 aromatic carbocycles. The molecule has 2 bridgehead atoms. The van der Waals surface area contributed by atoms with Gasteiger partial charge in [-0.05, 0) is 105 Å². The number of phenolic OH excluding ortho intramolecular Hbond substituents is 1. The number of fused-ring (bicyclic) bond motifs is 5. The molecule has 3 aliphatic carbocycles. The monoisotopic (exact) mass is 1470 g/mol. The van der Waals surface area contributed by atoms with Gasteiger partial charge in [-0.1, -0.05) is 88.4 Å². The van der Waals surface area contributed by atoms with Gasteiger partial charge in [0.05, 0.1) is 49.2 Å². The van der Waals surface area contributed by atoms with E-state index < -0.39 is 204 Å². The number of phenols is 1. The van der Waals surface area contributed by atoms with Gasteiger partial charge in [-0.25, -0.2) is 19.2 Å². The van der Waals surface area contributed by atoms with Gasteiger partial charge in [0.15, 0.2) is 23.4 Å². The molecular weight excluding hydrogens is 1370 g/mol. The number of methoxy groups -OCH3 is 1. The number of unbranched alkanes of at least 4 members (excludes halogenated alkanes) is 1. The molecule has 105 heavy (non-hydrogen) atoms. The first-order valence-corrected chi connectivity index (χ1v) is 34.4. The van der Waals surface area contributed by atoms with Gasteiger partial charge >= 0.3 is 41.9 Å². The Morgan fingerprint density at radius 3 is 1.93 bits per heavy atom. The SMILES string of the molecule is COC(=O)NC(c1ccccc1)C(OC(=O)C(Cc1ccc(O)cc1)NC(=O)C(NC(=O)C(CC(=O)O)NC(=O)C(CCCCN)NC(=O)C(N)CCCN=C(N)N)C(C)C)C(=O)OC1C[C@@]2(O)C(OC(=O)c3ccccc3)C3[C@@]4(OC(C)=O)CO[C@@H]4C[C@H](O)[C@@]3(C)C(=O)[C@H](OC(C)=O)C(=C1C)C2(C)C. The molecule has 3 aromatic rings. The number of rotatable bonds is 32. The number of hydrogen-bond acceptors (Lipinski definition) is 25. The Balaban J connectivity index is 1.30. The number of aromatic hydroxyl groups is 1. The summed E-state index contributed by atoms with van der Waals surface area (Å²) in [6.45, 7) is 10.6. The van der Waals surface area contributed by atoms with Crippen LogP contribution in [0.4, 0.5) is 4.79 Å². The maximum absolute atomic E-state index is 16.0. The van der Waals surface area contributed by atoms with Crippen molar-refractivity contribution in [2.45, 2.75) is 197 Å². The first-order chi connectivity index (χ1) is 49.4. The highest BCUT2D eigenvalue weighted by Gasteiger charge is 2.78. The first-order valence-electron chi connectivity index (χ1n) is 34.4. The van der Waals surface area contributed by atoms with Crippen LogP contribution < -0.4 is 49.5 Å². The third-order valence-electron chi connectivity index (χ3n) is 20.0. The van der Waals surface area contributed by atoms with Crippen molar-refractivity contribution in [3.8, 4) is 5.75 Å². The van der Waals surface area contributed by atoms with Gasteiger partial charge in [-0.3, -0.25) is 43.3 Å². The molecule has 5 amide bonds. The summed E-state index contributed by atoms with van der Waals surface area (Å²) in [6, 6.07) is 10.4. The third kappa shape index (κ3) is 18.9. The van der Waals surface area contributed by atoms with E-state index in [0.717, 1.165) is 21.0 Å². The maximum Gasteiger partial charge on any atom is 0.407 e. The minimum atomic E-state index is -2.67. The molecule has 17 N–H and O–H groups in total. The number of nitrogens with one attached hydrogen (secondary N) is 5. The average Bonchev–Trinajstić information content (AvgIpc) is 0.669. The lowest BCUT2D eigenvalue weighted by Gasteiger charge is -2.67. The highest BCUT2D eigenvalue weighted by atomic mass is 16.6. The van der Waals surface area contributed by atoms with E-state index in [-0.39, 0.29) is 84.7 Å². The fraction of sp³-hybridized carbons (Fsp3) is 0.542. The van der Waals surface area contributed by atoms with E-state index in [4.69, 9.17) is 56.1 Å². The summed E-state index contributed by atoms with van der Waals surface area (Å²) >= 11 is 0. The summed E-state index contributed by atoms with van der Waals surface area (Å²) in [5, 5.41) is 59.5. The highest BCUT2D eigenvalue weighted by Crippen LogP contribution is 2.64.